The van der Waals surface area contributed by atoms with Gasteiger partial charge in [-0.1, -0.05) is 43.7 Å². The Morgan fingerprint density at radius 3 is 2.48 bits per heavy atom. The third kappa shape index (κ3) is 4.26. The summed E-state index contributed by atoms with van der Waals surface area (Å²) < 4.78 is 19.1. The molecule has 6 heteroatoms. The van der Waals surface area contributed by atoms with E-state index in [1.54, 1.807) is 12.1 Å². The summed E-state index contributed by atoms with van der Waals surface area (Å²) in [4.78, 5) is 30.0. The number of carbonyl (C=O) groups excluding carboxylic acids is 2. The predicted octanol–water partition coefficient (Wildman–Crippen LogP) is 4.18. The number of carbonyl (C=O) groups is 2. The van der Waals surface area contributed by atoms with Gasteiger partial charge in [0.25, 0.3) is 11.8 Å². The fourth-order valence-electron chi connectivity index (χ4n) is 4.14. The van der Waals surface area contributed by atoms with Gasteiger partial charge in [-0.15, -0.1) is 0 Å². The third-order valence-electron chi connectivity index (χ3n) is 5.75. The number of hydrogen-bond acceptors (Lipinski definition) is 4. The number of unbranched alkanes of at least 4 members (excludes halogenated alkanes) is 1. The molecule has 0 fully saturated rings. The number of anilines is 1. The zero-order chi connectivity index (χ0) is 21.8. The Hall–Kier alpha value is -2.99. The van der Waals surface area contributed by atoms with Crippen molar-refractivity contribution in [2.24, 2.45) is 0 Å². The fraction of sp³-hybridized carbons (Fsp3) is 0.360. The van der Waals surface area contributed by atoms with E-state index in [0.717, 1.165) is 30.5 Å². The van der Waals surface area contributed by atoms with E-state index >= 15 is 0 Å². The molecule has 5 nitrogen and oxygen atoms in total. The van der Waals surface area contributed by atoms with E-state index in [1.165, 1.54) is 17.0 Å². The Kier molecular flexibility index (Phi) is 6.47. The van der Waals surface area contributed by atoms with Crippen LogP contribution >= 0.6 is 0 Å². The smallest absolute Gasteiger partial charge is 0.278 e. The largest absolute Gasteiger partial charge is 0.381 e. The van der Waals surface area contributed by atoms with Crippen molar-refractivity contribution in [1.29, 1.82) is 0 Å². The van der Waals surface area contributed by atoms with Gasteiger partial charge in [0.1, 0.15) is 11.5 Å². The van der Waals surface area contributed by atoms with Gasteiger partial charge in [-0.05, 0) is 48.6 Å². The Morgan fingerprint density at radius 2 is 1.71 bits per heavy atom. The zero-order valence-electron chi connectivity index (χ0n) is 17.8. The van der Waals surface area contributed by atoms with E-state index < -0.39 is 0 Å². The number of benzene rings is 2. The third-order valence-corrected chi connectivity index (χ3v) is 5.75. The number of fused-ring (bicyclic) bond motifs is 1. The minimum atomic E-state index is -0.379. The van der Waals surface area contributed by atoms with Gasteiger partial charge in [-0.3, -0.25) is 14.5 Å². The first-order valence-electron chi connectivity index (χ1n) is 10.9. The van der Waals surface area contributed by atoms with Gasteiger partial charge in [-0.2, -0.15) is 0 Å². The molecule has 0 spiro atoms. The average molecular weight is 423 g/mol. The molecule has 0 unspecified atom stereocenters. The molecule has 0 radical (unpaired) electrons. The maximum atomic E-state index is 13.5. The second kappa shape index (κ2) is 9.43. The van der Waals surface area contributed by atoms with Gasteiger partial charge >= 0.3 is 0 Å². The van der Waals surface area contributed by atoms with Gasteiger partial charge in [0.05, 0.1) is 5.57 Å². The highest BCUT2D eigenvalue weighted by Gasteiger charge is 2.42. The van der Waals surface area contributed by atoms with Crippen molar-refractivity contribution in [2.45, 2.75) is 32.6 Å². The van der Waals surface area contributed by atoms with Crippen LogP contribution in [-0.4, -0.2) is 43.0 Å². The first-order valence-corrected chi connectivity index (χ1v) is 10.9. The molecule has 0 N–H and O–H groups in total. The standard InChI is InChI=1S/C25H27FN2O3/c1-2-3-16-31-17-6-14-28-24(29)22(19-9-11-20(26)12-10-19)23(25(28)30)27-15-13-18-7-4-5-8-21(18)27/h4-5,7-12H,2-3,6,13-17H2,1H3. The molecule has 4 rings (SSSR count). The Balaban J connectivity index is 1.62. The van der Waals surface area contributed by atoms with Crippen LogP contribution in [0.25, 0.3) is 5.57 Å². The summed E-state index contributed by atoms with van der Waals surface area (Å²) in [6.45, 7) is 4.23. The monoisotopic (exact) mass is 422 g/mol. The number of para-hydroxylation sites is 1. The summed E-state index contributed by atoms with van der Waals surface area (Å²) in [7, 11) is 0. The van der Waals surface area contributed by atoms with Crippen molar-refractivity contribution in [2.75, 3.05) is 31.2 Å². The van der Waals surface area contributed by atoms with Crippen molar-refractivity contribution in [3.8, 4) is 0 Å². The quantitative estimate of drug-likeness (QED) is 0.450. The molecular weight excluding hydrogens is 395 g/mol. The Bertz CT molecular complexity index is 1000. The lowest BCUT2D eigenvalue weighted by molar-refractivity contribution is -0.137. The molecule has 0 bridgehead atoms. The molecule has 0 aliphatic carbocycles. The molecule has 2 aliphatic rings. The van der Waals surface area contributed by atoms with Crippen molar-refractivity contribution < 1.29 is 18.7 Å². The van der Waals surface area contributed by atoms with Gasteiger partial charge in [0.2, 0.25) is 0 Å². The molecular formula is C25H27FN2O3. The van der Waals surface area contributed by atoms with Crippen LogP contribution in [0.2, 0.25) is 0 Å². The van der Waals surface area contributed by atoms with Crippen molar-refractivity contribution in [3.05, 3.63) is 71.2 Å². The molecule has 0 atom stereocenters. The summed E-state index contributed by atoms with van der Waals surface area (Å²) >= 11 is 0. The molecule has 0 aromatic heterocycles. The number of rotatable bonds is 9. The van der Waals surface area contributed by atoms with E-state index in [0.29, 0.717) is 49.6 Å². The molecule has 162 valence electrons. The molecule has 2 amide bonds. The van der Waals surface area contributed by atoms with Crippen LogP contribution in [0, 0.1) is 5.82 Å². The second-order valence-corrected chi connectivity index (χ2v) is 7.84. The van der Waals surface area contributed by atoms with E-state index in [4.69, 9.17) is 4.74 Å². The molecule has 0 saturated heterocycles. The zero-order valence-corrected chi connectivity index (χ0v) is 17.8. The molecule has 2 aromatic rings. The van der Waals surface area contributed by atoms with Gasteiger partial charge < -0.3 is 9.64 Å². The van der Waals surface area contributed by atoms with Crippen molar-refractivity contribution in [1.82, 2.24) is 4.90 Å². The highest BCUT2D eigenvalue weighted by molar-refractivity contribution is 6.36. The van der Waals surface area contributed by atoms with Crippen LogP contribution in [0.5, 0.6) is 0 Å². The summed E-state index contributed by atoms with van der Waals surface area (Å²) in [5.74, 6) is -1.01. The van der Waals surface area contributed by atoms with Crippen LogP contribution in [0.15, 0.2) is 54.2 Å². The number of nitrogens with zero attached hydrogens (tertiary/aromatic N) is 2. The topological polar surface area (TPSA) is 49.9 Å². The van der Waals surface area contributed by atoms with Crippen LogP contribution < -0.4 is 4.90 Å². The molecule has 0 saturated carbocycles. The summed E-state index contributed by atoms with van der Waals surface area (Å²) in [5, 5.41) is 0. The normalized spacial score (nSPS) is 15.9. The number of imide groups is 1. The number of hydrogen-bond donors (Lipinski definition) is 0. The average Bonchev–Trinajstić information content (AvgIpc) is 3.30. The Labute approximate surface area is 182 Å². The van der Waals surface area contributed by atoms with E-state index in [1.807, 2.05) is 29.2 Å². The van der Waals surface area contributed by atoms with E-state index in [9.17, 15) is 14.0 Å². The second-order valence-electron chi connectivity index (χ2n) is 7.84. The lowest BCUT2D eigenvalue weighted by atomic mass is 10.0. The van der Waals surface area contributed by atoms with Crippen LogP contribution in [0.3, 0.4) is 0 Å². The first-order chi connectivity index (χ1) is 15.1. The molecule has 2 aromatic carbocycles. The molecule has 31 heavy (non-hydrogen) atoms. The summed E-state index contributed by atoms with van der Waals surface area (Å²) in [6, 6.07) is 13.7. The maximum Gasteiger partial charge on any atom is 0.278 e. The number of halogens is 1. The minimum absolute atomic E-state index is 0.297. The molecule has 2 aliphatic heterocycles. The summed E-state index contributed by atoms with van der Waals surface area (Å²) in [6.07, 6.45) is 3.45. The SMILES string of the molecule is CCCCOCCCN1C(=O)C(c2ccc(F)cc2)=C(N2CCc3ccccc32)C1=O. The molecule has 2 heterocycles. The lowest BCUT2D eigenvalue weighted by Gasteiger charge is -2.21. The van der Waals surface area contributed by atoms with Gasteiger partial charge in [0, 0.05) is 32.0 Å². The predicted molar refractivity (Wildman–Crippen MR) is 118 cm³/mol. The highest BCUT2D eigenvalue weighted by Crippen LogP contribution is 2.38. The first kappa shape index (κ1) is 21.2. The van der Waals surface area contributed by atoms with Gasteiger partial charge in [-0.25, -0.2) is 4.39 Å². The number of ether oxygens (including phenoxy) is 1. The maximum absolute atomic E-state index is 13.5. The lowest BCUT2D eigenvalue weighted by Crippen LogP contribution is -2.36. The van der Waals surface area contributed by atoms with E-state index in [-0.39, 0.29) is 17.6 Å². The Morgan fingerprint density at radius 1 is 0.968 bits per heavy atom. The van der Waals surface area contributed by atoms with Crippen molar-refractivity contribution >= 4 is 23.1 Å². The highest BCUT2D eigenvalue weighted by atomic mass is 19.1. The summed E-state index contributed by atoms with van der Waals surface area (Å²) in [5.41, 5.74) is 3.38. The van der Waals surface area contributed by atoms with Gasteiger partial charge in [0.15, 0.2) is 0 Å². The van der Waals surface area contributed by atoms with Crippen LogP contribution in [0.1, 0.15) is 37.3 Å². The number of amides is 2. The van der Waals surface area contributed by atoms with Crippen LogP contribution in [0.4, 0.5) is 10.1 Å². The van der Waals surface area contributed by atoms with Crippen molar-refractivity contribution in [3.63, 3.8) is 0 Å². The van der Waals surface area contributed by atoms with Crippen LogP contribution in [-0.2, 0) is 20.7 Å². The minimum Gasteiger partial charge on any atom is -0.381 e. The fourth-order valence-corrected chi connectivity index (χ4v) is 4.14. The van der Waals surface area contributed by atoms with E-state index in [2.05, 4.69) is 6.92 Å².